The fourth-order valence-electron chi connectivity index (χ4n) is 4.16. The molecule has 0 aliphatic carbocycles. The molecule has 4 nitrogen and oxygen atoms in total. The quantitative estimate of drug-likeness (QED) is 0.215. The second-order valence-electron chi connectivity index (χ2n) is 7.35. The van der Waals surface area contributed by atoms with E-state index in [1.807, 2.05) is 72.1 Å². The van der Waals surface area contributed by atoms with Gasteiger partial charge in [0, 0.05) is 6.54 Å². The van der Waals surface area contributed by atoms with Crippen molar-refractivity contribution >= 4 is 39.3 Å². The molecular formula is C26H21N3O. The Morgan fingerprint density at radius 1 is 1.00 bits per heavy atom. The van der Waals surface area contributed by atoms with Crippen LogP contribution >= 0.6 is 0 Å². The van der Waals surface area contributed by atoms with E-state index in [0.29, 0.717) is 12.1 Å². The number of allylic oxidation sites excluding steroid dienone is 2. The molecule has 0 aliphatic heterocycles. The summed E-state index contributed by atoms with van der Waals surface area (Å²) in [6.07, 6.45) is 5.39. The number of benzene rings is 3. The van der Waals surface area contributed by atoms with Crippen LogP contribution < -0.4 is 0 Å². The van der Waals surface area contributed by atoms with Gasteiger partial charge in [-0.15, -0.1) is 6.58 Å². The number of rotatable bonds is 5. The molecule has 0 unspecified atom stereocenters. The van der Waals surface area contributed by atoms with Gasteiger partial charge >= 0.3 is 0 Å². The molecule has 30 heavy (non-hydrogen) atoms. The van der Waals surface area contributed by atoms with E-state index in [0.717, 1.165) is 38.7 Å². The molecule has 2 heterocycles. The number of aromatic nitrogens is 3. The van der Waals surface area contributed by atoms with Crippen molar-refractivity contribution in [3.05, 3.63) is 102 Å². The van der Waals surface area contributed by atoms with E-state index >= 15 is 0 Å². The van der Waals surface area contributed by atoms with Gasteiger partial charge in [-0.05, 0) is 41.5 Å². The van der Waals surface area contributed by atoms with Gasteiger partial charge in [-0.3, -0.25) is 4.79 Å². The van der Waals surface area contributed by atoms with E-state index in [4.69, 9.17) is 0 Å². The van der Waals surface area contributed by atoms with Crippen molar-refractivity contribution < 1.29 is 4.79 Å². The molecule has 5 aromatic rings. The largest absolute Gasteiger partial charge is 0.320 e. The summed E-state index contributed by atoms with van der Waals surface area (Å²) in [5.41, 5.74) is 5.20. The number of hydrogen-bond donors (Lipinski definition) is 0. The molecular weight excluding hydrogens is 370 g/mol. The Labute approximate surface area is 174 Å². The lowest BCUT2D eigenvalue weighted by atomic mass is 10.0. The van der Waals surface area contributed by atoms with Crippen molar-refractivity contribution in [2.75, 3.05) is 0 Å². The first-order chi connectivity index (χ1) is 14.7. The Kier molecular flexibility index (Phi) is 4.32. The molecule has 0 aliphatic rings. The zero-order chi connectivity index (χ0) is 20.7. The lowest BCUT2D eigenvalue weighted by molar-refractivity contribution is 0.104. The van der Waals surface area contributed by atoms with Gasteiger partial charge in [-0.25, -0.2) is 4.52 Å². The number of aryl methyl sites for hydroxylation is 1. The highest BCUT2D eigenvalue weighted by molar-refractivity contribution is 6.13. The monoisotopic (exact) mass is 391 g/mol. The zero-order valence-corrected chi connectivity index (χ0v) is 16.7. The van der Waals surface area contributed by atoms with Gasteiger partial charge in [-0.2, -0.15) is 5.10 Å². The molecule has 146 valence electrons. The number of ketones is 1. The van der Waals surface area contributed by atoms with Crippen LogP contribution in [-0.2, 0) is 6.54 Å². The summed E-state index contributed by atoms with van der Waals surface area (Å²) in [5.74, 6) is -0.0523. The van der Waals surface area contributed by atoms with Crippen LogP contribution in [0.25, 0.3) is 33.5 Å². The number of imidazole rings is 1. The number of para-hydroxylation sites is 2. The maximum atomic E-state index is 13.3. The zero-order valence-electron chi connectivity index (χ0n) is 16.7. The van der Waals surface area contributed by atoms with Crippen LogP contribution in [0.5, 0.6) is 0 Å². The van der Waals surface area contributed by atoms with Crippen molar-refractivity contribution in [2.45, 2.75) is 13.5 Å². The Balaban J connectivity index is 1.65. The van der Waals surface area contributed by atoms with Crippen LogP contribution in [0.2, 0.25) is 0 Å². The van der Waals surface area contributed by atoms with E-state index in [2.05, 4.69) is 34.4 Å². The molecule has 3 aromatic carbocycles. The molecule has 0 saturated carbocycles. The third kappa shape index (κ3) is 2.77. The maximum Gasteiger partial charge on any atom is 0.191 e. The average molecular weight is 391 g/mol. The second-order valence-corrected chi connectivity index (χ2v) is 7.35. The summed E-state index contributed by atoms with van der Waals surface area (Å²) < 4.78 is 3.97. The summed E-state index contributed by atoms with van der Waals surface area (Å²) in [5, 5.41) is 6.96. The normalized spacial score (nSPS) is 11.8. The van der Waals surface area contributed by atoms with Gasteiger partial charge in [-0.1, -0.05) is 66.7 Å². The highest BCUT2D eigenvalue weighted by Gasteiger charge is 2.21. The summed E-state index contributed by atoms with van der Waals surface area (Å²) in [6.45, 7) is 6.38. The molecule has 0 saturated heterocycles. The molecule has 0 fully saturated rings. The van der Waals surface area contributed by atoms with Crippen LogP contribution in [0.3, 0.4) is 0 Å². The average Bonchev–Trinajstić information content (AvgIpc) is 3.26. The van der Waals surface area contributed by atoms with Crippen molar-refractivity contribution in [3.8, 4) is 0 Å². The van der Waals surface area contributed by atoms with Gasteiger partial charge in [0.2, 0.25) is 0 Å². The molecule has 2 aromatic heterocycles. The SMILES string of the molecule is C=CCn1c2ccccc2n2nc(C)c(C(=O)C=Cc3cccc4ccccc34)c12. The summed E-state index contributed by atoms with van der Waals surface area (Å²) >= 11 is 0. The van der Waals surface area contributed by atoms with E-state index in [1.165, 1.54) is 0 Å². The van der Waals surface area contributed by atoms with Gasteiger partial charge < -0.3 is 4.57 Å². The first-order valence-corrected chi connectivity index (χ1v) is 9.96. The van der Waals surface area contributed by atoms with Crippen LogP contribution in [-0.4, -0.2) is 20.0 Å². The highest BCUT2D eigenvalue weighted by Crippen LogP contribution is 2.27. The van der Waals surface area contributed by atoms with Gasteiger partial charge in [0.05, 0.1) is 22.3 Å². The second kappa shape index (κ2) is 7.16. The minimum Gasteiger partial charge on any atom is -0.320 e. The van der Waals surface area contributed by atoms with Gasteiger partial charge in [0.1, 0.15) is 5.65 Å². The highest BCUT2D eigenvalue weighted by atomic mass is 16.1. The number of carbonyl (C=O) groups excluding carboxylic acids is 1. The Bertz CT molecular complexity index is 1460. The molecule has 4 heteroatoms. The maximum absolute atomic E-state index is 13.3. The minimum absolute atomic E-state index is 0.0523. The summed E-state index contributed by atoms with van der Waals surface area (Å²) in [6, 6.07) is 22.4. The number of fused-ring (bicyclic) bond motifs is 4. The lowest BCUT2D eigenvalue weighted by Gasteiger charge is -2.04. The molecule has 0 radical (unpaired) electrons. The number of hydrogen-bond acceptors (Lipinski definition) is 2. The first-order valence-electron chi connectivity index (χ1n) is 9.96. The van der Waals surface area contributed by atoms with Gasteiger partial charge in [0.25, 0.3) is 0 Å². The minimum atomic E-state index is -0.0523. The molecule has 5 rings (SSSR count). The summed E-state index contributed by atoms with van der Waals surface area (Å²) in [4.78, 5) is 13.3. The fraction of sp³-hybridized carbons (Fsp3) is 0.0769. The number of nitrogens with zero attached hydrogens (tertiary/aromatic N) is 3. The first kappa shape index (κ1) is 18.1. The van der Waals surface area contributed by atoms with E-state index in [9.17, 15) is 4.79 Å². The molecule has 0 N–H and O–H groups in total. The van der Waals surface area contributed by atoms with Crippen LogP contribution in [0.4, 0.5) is 0 Å². The topological polar surface area (TPSA) is 39.3 Å². The van der Waals surface area contributed by atoms with Gasteiger partial charge in [0.15, 0.2) is 5.78 Å². The predicted molar refractivity (Wildman–Crippen MR) is 123 cm³/mol. The fourth-order valence-corrected chi connectivity index (χ4v) is 4.16. The molecule has 0 atom stereocenters. The van der Waals surface area contributed by atoms with Crippen LogP contribution in [0.15, 0.2) is 85.5 Å². The van der Waals surface area contributed by atoms with Crippen LogP contribution in [0, 0.1) is 6.92 Å². The third-order valence-electron chi connectivity index (χ3n) is 5.49. The third-order valence-corrected chi connectivity index (χ3v) is 5.49. The Hall–Kier alpha value is -3.92. The van der Waals surface area contributed by atoms with E-state index in [-0.39, 0.29) is 5.78 Å². The standard InChI is InChI=1S/C26H21N3O/c1-3-17-28-22-13-6-7-14-23(22)29-26(28)25(18(2)27-29)24(30)16-15-20-11-8-10-19-9-4-5-12-21(19)20/h3-16H,1,17H2,2H3. The summed E-state index contributed by atoms with van der Waals surface area (Å²) in [7, 11) is 0. The van der Waals surface area contributed by atoms with E-state index in [1.54, 1.807) is 6.08 Å². The Morgan fingerprint density at radius 2 is 1.73 bits per heavy atom. The lowest BCUT2D eigenvalue weighted by Crippen LogP contribution is -2.02. The molecule has 0 amide bonds. The predicted octanol–water partition coefficient (Wildman–Crippen LogP) is 5.83. The van der Waals surface area contributed by atoms with Crippen molar-refractivity contribution in [1.29, 1.82) is 0 Å². The Morgan fingerprint density at radius 3 is 2.57 bits per heavy atom. The smallest absolute Gasteiger partial charge is 0.191 e. The molecule has 0 spiro atoms. The van der Waals surface area contributed by atoms with Crippen LogP contribution in [0.1, 0.15) is 21.6 Å². The van der Waals surface area contributed by atoms with Crippen molar-refractivity contribution in [3.63, 3.8) is 0 Å². The molecule has 0 bridgehead atoms. The van der Waals surface area contributed by atoms with Crippen molar-refractivity contribution in [2.24, 2.45) is 0 Å². The van der Waals surface area contributed by atoms with Crippen molar-refractivity contribution in [1.82, 2.24) is 14.2 Å². The number of carbonyl (C=O) groups is 1. The van der Waals surface area contributed by atoms with E-state index < -0.39 is 0 Å².